The Morgan fingerprint density at radius 3 is 2.66 bits per heavy atom. The Morgan fingerprint density at radius 2 is 1.94 bits per heavy atom. The van der Waals surface area contributed by atoms with Gasteiger partial charge in [-0.15, -0.1) is 0 Å². The molecule has 0 aliphatic carbocycles. The zero-order valence-corrected chi connectivity index (χ0v) is 17.2. The Morgan fingerprint density at radius 1 is 1.19 bits per heavy atom. The van der Waals surface area contributed by atoms with Crippen molar-refractivity contribution in [1.82, 2.24) is 14.9 Å². The van der Waals surface area contributed by atoms with Gasteiger partial charge >= 0.3 is 5.69 Å². The summed E-state index contributed by atoms with van der Waals surface area (Å²) in [5, 5.41) is 22.0. The number of aromatic nitrogens is 2. The number of hydrogen-bond acceptors (Lipinski definition) is 7. The average molecular weight is 436 g/mol. The lowest BCUT2D eigenvalue weighted by Gasteiger charge is -2.16. The Kier molecular flexibility index (Phi) is 6.31. The van der Waals surface area contributed by atoms with E-state index in [1.165, 1.54) is 6.20 Å². The topological polar surface area (TPSA) is 140 Å². The fourth-order valence-electron chi connectivity index (χ4n) is 3.68. The van der Waals surface area contributed by atoms with Crippen LogP contribution in [0.5, 0.6) is 0 Å². The fraction of sp³-hybridized carbons (Fsp3) is 0.261. The zero-order chi connectivity index (χ0) is 22.7. The minimum Gasteiger partial charge on any atom is -0.394 e. The lowest BCUT2D eigenvalue weighted by molar-refractivity contribution is -0.0459. The molecule has 5 N–H and O–H groups in total. The molecule has 1 aliphatic rings. The van der Waals surface area contributed by atoms with Gasteiger partial charge in [-0.1, -0.05) is 48.5 Å². The third kappa shape index (κ3) is 4.54. The first-order valence-corrected chi connectivity index (χ1v) is 10.2. The number of carbonyl (C=O) groups is 1. The van der Waals surface area contributed by atoms with Gasteiger partial charge in [0.15, 0.2) is 0 Å². The number of ether oxygens (including phenoxy) is 1. The zero-order valence-electron chi connectivity index (χ0n) is 17.2. The van der Waals surface area contributed by atoms with Crippen molar-refractivity contribution in [3.63, 3.8) is 0 Å². The molecule has 9 heteroatoms. The summed E-state index contributed by atoms with van der Waals surface area (Å²) in [6.07, 6.45) is -1.22. The molecular formula is C23H24N4O5. The summed E-state index contributed by atoms with van der Waals surface area (Å²) >= 11 is 0. The molecule has 1 amide bonds. The summed E-state index contributed by atoms with van der Waals surface area (Å²) in [4.78, 5) is 28.8. The van der Waals surface area contributed by atoms with Crippen molar-refractivity contribution in [1.29, 1.82) is 0 Å². The predicted molar refractivity (Wildman–Crippen MR) is 118 cm³/mol. The van der Waals surface area contributed by atoms with Gasteiger partial charge in [0.25, 0.3) is 5.91 Å². The van der Waals surface area contributed by atoms with Gasteiger partial charge in [0.1, 0.15) is 18.1 Å². The Hall–Kier alpha value is -3.53. The van der Waals surface area contributed by atoms with Crippen LogP contribution in [0.25, 0.3) is 11.1 Å². The number of carbonyl (C=O) groups excluding carboxylic acids is 1. The number of nitrogens with two attached hydrogens (primary N) is 1. The van der Waals surface area contributed by atoms with Gasteiger partial charge < -0.3 is 26.0 Å². The molecule has 2 aromatic carbocycles. The van der Waals surface area contributed by atoms with E-state index >= 15 is 0 Å². The quantitative estimate of drug-likeness (QED) is 0.453. The lowest BCUT2D eigenvalue weighted by atomic mass is 10.0. The average Bonchev–Trinajstić information content (AvgIpc) is 3.18. The van der Waals surface area contributed by atoms with Gasteiger partial charge in [0.2, 0.25) is 0 Å². The smallest absolute Gasteiger partial charge is 0.351 e. The maximum absolute atomic E-state index is 12.8. The van der Waals surface area contributed by atoms with E-state index in [4.69, 9.17) is 10.5 Å². The molecule has 3 atom stereocenters. The Bertz CT molecular complexity index is 1160. The van der Waals surface area contributed by atoms with Gasteiger partial charge in [0.05, 0.1) is 18.3 Å². The maximum atomic E-state index is 12.8. The Labute approximate surface area is 184 Å². The normalized spacial score (nSPS) is 20.2. The minimum atomic E-state index is -0.927. The van der Waals surface area contributed by atoms with E-state index in [9.17, 15) is 19.8 Å². The molecule has 3 aromatic rings. The van der Waals surface area contributed by atoms with Gasteiger partial charge in [-0.05, 0) is 22.8 Å². The van der Waals surface area contributed by atoms with Crippen LogP contribution in [0.15, 0.2) is 65.6 Å². The van der Waals surface area contributed by atoms with Crippen molar-refractivity contribution < 1.29 is 19.7 Å². The van der Waals surface area contributed by atoms with E-state index in [1.54, 1.807) is 0 Å². The van der Waals surface area contributed by atoms with Crippen LogP contribution in [-0.4, -0.2) is 44.5 Å². The first-order valence-electron chi connectivity index (χ1n) is 10.2. The van der Waals surface area contributed by atoms with Crippen LogP contribution in [0, 0.1) is 0 Å². The third-order valence-electron chi connectivity index (χ3n) is 5.41. The molecule has 32 heavy (non-hydrogen) atoms. The number of amides is 1. The van der Waals surface area contributed by atoms with Gasteiger partial charge in [-0.3, -0.25) is 9.36 Å². The number of aliphatic hydroxyl groups excluding tert-OH is 2. The first kappa shape index (κ1) is 21.7. The predicted octanol–water partition coefficient (Wildman–Crippen LogP) is 1.06. The highest BCUT2D eigenvalue weighted by Crippen LogP contribution is 2.28. The van der Waals surface area contributed by atoms with Crippen molar-refractivity contribution in [2.24, 2.45) is 0 Å². The molecule has 0 spiro atoms. The summed E-state index contributed by atoms with van der Waals surface area (Å²) in [6, 6.07) is 17.7. The van der Waals surface area contributed by atoms with Crippen LogP contribution in [-0.2, 0) is 11.3 Å². The highest BCUT2D eigenvalue weighted by atomic mass is 16.5. The van der Waals surface area contributed by atoms with Crippen molar-refractivity contribution in [2.75, 3.05) is 12.3 Å². The van der Waals surface area contributed by atoms with Gasteiger partial charge in [0, 0.05) is 19.2 Å². The van der Waals surface area contributed by atoms with Crippen LogP contribution in [0.4, 0.5) is 5.82 Å². The molecule has 0 unspecified atom stereocenters. The van der Waals surface area contributed by atoms with E-state index in [0.717, 1.165) is 21.3 Å². The highest BCUT2D eigenvalue weighted by molar-refractivity contribution is 5.97. The summed E-state index contributed by atoms with van der Waals surface area (Å²) in [5.74, 6) is -0.690. The molecule has 1 aliphatic heterocycles. The van der Waals surface area contributed by atoms with E-state index in [2.05, 4.69) is 10.3 Å². The summed E-state index contributed by atoms with van der Waals surface area (Å²) < 4.78 is 6.61. The number of aliphatic hydroxyl groups is 2. The molecule has 1 saturated heterocycles. The second kappa shape index (κ2) is 9.31. The van der Waals surface area contributed by atoms with E-state index < -0.39 is 30.0 Å². The van der Waals surface area contributed by atoms with E-state index in [0.29, 0.717) is 0 Å². The van der Waals surface area contributed by atoms with E-state index in [1.807, 2.05) is 54.6 Å². The third-order valence-corrected chi connectivity index (χ3v) is 5.41. The molecule has 0 saturated carbocycles. The Balaban J connectivity index is 1.50. The molecule has 1 aromatic heterocycles. The SMILES string of the molecule is Nc1nc(=O)n([C@H]2C[C@H](O)[C@@H](CO)O2)cc1C(=O)NCc1cccc(-c2ccccc2)c1. The fourth-order valence-corrected chi connectivity index (χ4v) is 3.68. The van der Waals surface area contributed by atoms with Gasteiger partial charge in [-0.25, -0.2) is 4.79 Å². The number of benzene rings is 2. The van der Waals surface area contributed by atoms with Crippen LogP contribution >= 0.6 is 0 Å². The number of hydrogen-bond donors (Lipinski definition) is 4. The van der Waals surface area contributed by atoms with Crippen LogP contribution in [0.2, 0.25) is 0 Å². The molecule has 9 nitrogen and oxygen atoms in total. The highest BCUT2D eigenvalue weighted by Gasteiger charge is 2.35. The first-order chi connectivity index (χ1) is 15.5. The van der Waals surface area contributed by atoms with Crippen molar-refractivity contribution >= 4 is 11.7 Å². The van der Waals surface area contributed by atoms with E-state index in [-0.39, 0.29) is 31.0 Å². The van der Waals surface area contributed by atoms with Crippen LogP contribution in [0.1, 0.15) is 28.6 Å². The molecule has 166 valence electrons. The van der Waals surface area contributed by atoms with Crippen LogP contribution in [0.3, 0.4) is 0 Å². The molecule has 4 rings (SSSR count). The molecule has 2 heterocycles. The number of nitrogen functional groups attached to an aromatic ring is 1. The second-order valence-corrected chi connectivity index (χ2v) is 7.59. The molecule has 0 bridgehead atoms. The number of rotatable bonds is 6. The van der Waals surface area contributed by atoms with Gasteiger partial charge in [-0.2, -0.15) is 4.98 Å². The number of nitrogens with zero attached hydrogens (tertiary/aromatic N) is 2. The molecule has 1 fully saturated rings. The van der Waals surface area contributed by atoms with Crippen LogP contribution < -0.4 is 16.7 Å². The van der Waals surface area contributed by atoms with Crippen molar-refractivity contribution in [3.05, 3.63) is 82.4 Å². The summed E-state index contributed by atoms with van der Waals surface area (Å²) in [6.45, 7) is -0.131. The largest absolute Gasteiger partial charge is 0.394 e. The monoisotopic (exact) mass is 436 g/mol. The van der Waals surface area contributed by atoms with Crippen molar-refractivity contribution in [3.8, 4) is 11.1 Å². The molecule has 0 radical (unpaired) electrons. The second-order valence-electron chi connectivity index (χ2n) is 7.59. The number of anilines is 1. The molecular weight excluding hydrogens is 412 g/mol. The maximum Gasteiger partial charge on any atom is 0.351 e. The summed E-state index contributed by atoms with van der Waals surface area (Å²) in [5.41, 5.74) is 8.14. The summed E-state index contributed by atoms with van der Waals surface area (Å²) in [7, 11) is 0. The minimum absolute atomic E-state index is 0.0225. The van der Waals surface area contributed by atoms with Crippen molar-refractivity contribution in [2.45, 2.75) is 31.4 Å². The lowest BCUT2D eigenvalue weighted by Crippen LogP contribution is -2.32. The standard InChI is InChI=1S/C23H24N4O5/c24-21-17(12-27(23(31)26-21)20-10-18(29)19(13-28)32-20)22(30)25-11-14-5-4-8-16(9-14)15-6-2-1-3-7-15/h1-9,12,18-20,28-29H,10-11,13H2,(H,25,30)(H2,24,26,31)/t18-,19+,20+/m0/s1. The number of nitrogens with one attached hydrogen (secondary N) is 1.